The highest BCUT2D eigenvalue weighted by molar-refractivity contribution is 5.95. The zero-order valence-electron chi connectivity index (χ0n) is 12.3. The number of aryl methyl sites for hydroxylation is 1. The molecule has 20 heavy (non-hydrogen) atoms. The highest BCUT2D eigenvalue weighted by Gasteiger charge is 2.23. The molecule has 5 heteroatoms. The zero-order valence-corrected chi connectivity index (χ0v) is 12.3. The highest BCUT2D eigenvalue weighted by atomic mass is 16.3. The molecule has 1 saturated heterocycles. The fraction of sp³-hybridized carbons (Fsp3) is 0.667. The van der Waals surface area contributed by atoms with Crippen LogP contribution in [-0.2, 0) is 0 Å². The van der Waals surface area contributed by atoms with E-state index in [1.54, 1.807) is 19.3 Å². The molecule has 0 saturated carbocycles. The Bertz CT molecular complexity index is 436. The molecule has 0 radical (unpaired) electrons. The van der Waals surface area contributed by atoms with Gasteiger partial charge in [-0.25, -0.2) is 0 Å². The van der Waals surface area contributed by atoms with Crippen LogP contribution >= 0.6 is 0 Å². The van der Waals surface area contributed by atoms with Crippen molar-refractivity contribution in [2.45, 2.75) is 45.3 Å². The van der Waals surface area contributed by atoms with Crippen LogP contribution in [0.5, 0.6) is 0 Å². The molecule has 2 heterocycles. The van der Waals surface area contributed by atoms with E-state index < -0.39 is 0 Å². The number of piperidine rings is 1. The lowest BCUT2D eigenvalue weighted by Crippen LogP contribution is -2.46. The fourth-order valence-corrected chi connectivity index (χ4v) is 2.57. The van der Waals surface area contributed by atoms with Crippen LogP contribution in [0.3, 0.4) is 0 Å². The summed E-state index contributed by atoms with van der Waals surface area (Å²) in [6.45, 7) is 6.37. The van der Waals surface area contributed by atoms with Crippen LogP contribution in [0.25, 0.3) is 0 Å². The van der Waals surface area contributed by atoms with Crippen LogP contribution in [0.1, 0.15) is 42.3 Å². The van der Waals surface area contributed by atoms with Gasteiger partial charge < -0.3 is 19.7 Å². The molecule has 1 unspecified atom stereocenters. The Hall–Kier alpha value is -1.33. The molecule has 0 bridgehead atoms. The Morgan fingerprint density at radius 3 is 2.80 bits per heavy atom. The van der Waals surface area contributed by atoms with Crippen molar-refractivity contribution in [1.29, 1.82) is 0 Å². The number of nitrogens with zero attached hydrogens (tertiary/aromatic N) is 1. The summed E-state index contributed by atoms with van der Waals surface area (Å²) in [5.74, 6) is 0.606. The second kappa shape index (κ2) is 6.90. The second-order valence-corrected chi connectivity index (χ2v) is 5.50. The first kappa shape index (κ1) is 15.1. The number of β-amino-alcohol motifs (C(OH)–C–C–N with tert-alkyl or cyclic N) is 1. The number of hydrogen-bond donors (Lipinski definition) is 2. The molecule has 1 atom stereocenters. The molecular weight excluding hydrogens is 256 g/mol. The third-order valence-electron chi connectivity index (χ3n) is 3.97. The van der Waals surface area contributed by atoms with E-state index in [4.69, 9.17) is 4.42 Å². The lowest BCUT2D eigenvalue weighted by Gasteiger charge is -2.33. The third kappa shape index (κ3) is 3.84. The van der Waals surface area contributed by atoms with Crippen molar-refractivity contribution in [3.63, 3.8) is 0 Å². The Morgan fingerprint density at radius 1 is 1.55 bits per heavy atom. The van der Waals surface area contributed by atoms with Crippen molar-refractivity contribution >= 4 is 5.91 Å². The molecule has 0 spiro atoms. The van der Waals surface area contributed by atoms with Gasteiger partial charge in [0.05, 0.1) is 17.9 Å². The summed E-state index contributed by atoms with van der Waals surface area (Å²) < 4.78 is 5.15. The number of aliphatic hydroxyl groups excluding tert-OH is 1. The highest BCUT2D eigenvalue weighted by Crippen LogP contribution is 2.14. The molecule has 1 aromatic rings. The predicted octanol–water partition coefficient (Wildman–Crippen LogP) is 1.55. The van der Waals surface area contributed by atoms with Crippen molar-refractivity contribution in [3.05, 3.63) is 23.7 Å². The SMILES string of the molecule is CCC(O)CN1CCC(NC(=O)c2ccoc2C)CC1. The number of rotatable bonds is 5. The van der Waals surface area contributed by atoms with Gasteiger partial charge in [-0.15, -0.1) is 0 Å². The number of likely N-dealkylation sites (tertiary alicyclic amines) is 1. The van der Waals surface area contributed by atoms with Crippen molar-refractivity contribution in [3.8, 4) is 0 Å². The molecule has 1 aromatic heterocycles. The van der Waals surface area contributed by atoms with Gasteiger partial charge in [0.2, 0.25) is 0 Å². The maximum atomic E-state index is 12.1. The van der Waals surface area contributed by atoms with Crippen LogP contribution in [0.15, 0.2) is 16.7 Å². The average Bonchev–Trinajstić information content (AvgIpc) is 2.87. The molecular formula is C15H24N2O3. The summed E-state index contributed by atoms with van der Waals surface area (Å²) in [5, 5.41) is 12.7. The summed E-state index contributed by atoms with van der Waals surface area (Å²) in [7, 11) is 0. The summed E-state index contributed by atoms with van der Waals surface area (Å²) in [5.41, 5.74) is 0.619. The van der Waals surface area contributed by atoms with Gasteiger partial charge in [0.25, 0.3) is 5.91 Å². The molecule has 2 N–H and O–H groups in total. The summed E-state index contributed by atoms with van der Waals surface area (Å²) in [6.07, 6.45) is 3.95. The topological polar surface area (TPSA) is 65.7 Å². The maximum absolute atomic E-state index is 12.1. The minimum atomic E-state index is -0.241. The molecule has 1 aliphatic rings. The second-order valence-electron chi connectivity index (χ2n) is 5.50. The van der Waals surface area contributed by atoms with Gasteiger partial charge in [-0.1, -0.05) is 6.92 Å². The van der Waals surface area contributed by atoms with Crippen molar-refractivity contribution in [1.82, 2.24) is 10.2 Å². The van der Waals surface area contributed by atoms with Crippen LogP contribution in [-0.4, -0.2) is 47.7 Å². The first-order valence-electron chi connectivity index (χ1n) is 7.35. The zero-order chi connectivity index (χ0) is 14.5. The van der Waals surface area contributed by atoms with Gasteiger partial charge in [-0.05, 0) is 32.3 Å². The van der Waals surface area contributed by atoms with Crippen LogP contribution in [0, 0.1) is 6.92 Å². The van der Waals surface area contributed by atoms with E-state index in [1.807, 2.05) is 6.92 Å². The van der Waals surface area contributed by atoms with Crippen LogP contribution in [0.4, 0.5) is 0 Å². The monoisotopic (exact) mass is 280 g/mol. The van der Waals surface area contributed by atoms with Gasteiger partial charge >= 0.3 is 0 Å². The summed E-state index contributed by atoms with van der Waals surface area (Å²) >= 11 is 0. The lowest BCUT2D eigenvalue weighted by molar-refractivity contribution is 0.0817. The van der Waals surface area contributed by atoms with E-state index in [0.717, 1.165) is 38.9 Å². The lowest BCUT2D eigenvalue weighted by atomic mass is 10.0. The van der Waals surface area contributed by atoms with E-state index in [9.17, 15) is 9.90 Å². The number of aliphatic hydroxyl groups is 1. The molecule has 1 aliphatic heterocycles. The van der Waals surface area contributed by atoms with E-state index in [1.165, 1.54) is 0 Å². The Balaban J connectivity index is 1.77. The quantitative estimate of drug-likeness (QED) is 0.859. The summed E-state index contributed by atoms with van der Waals surface area (Å²) in [4.78, 5) is 14.3. The van der Waals surface area contributed by atoms with Crippen molar-refractivity contribution < 1.29 is 14.3 Å². The minimum absolute atomic E-state index is 0.0525. The molecule has 0 aromatic carbocycles. The largest absolute Gasteiger partial charge is 0.469 e. The van der Waals surface area contributed by atoms with Gasteiger partial charge in [0.1, 0.15) is 5.76 Å². The molecule has 2 rings (SSSR count). The number of nitrogens with one attached hydrogen (secondary N) is 1. The van der Waals surface area contributed by atoms with E-state index in [2.05, 4.69) is 10.2 Å². The Labute approximate surface area is 119 Å². The van der Waals surface area contributed by atoms with Crippen LogP contribution < -0.4 is 5.32 Å². The number of carbonyl (C=O) groups is 1. The predicted molar refractivity (Wildman–Crippen MR) is 76.7 cm³/mol. The van der Waals surface area contributed by atoms with Gasteiger partial charge in [0.15, 0.2) is 0 Å². The molecule has 1 fully saturated rings. The minimum Gasteiger partial charge on any atom is -0.469 e. The Kier molecular flexibility index (Phi) is 5.20. The van der Waals surface area contributed by atoms with E-state index in [0.29, 0.717) is 11.3 Å². The smallest absolute Gasteiger partial charge is 0.255 e. The Morgan fingerprint density at radius 2 is 2.25 bits per heavy atom. The first-order chi connectivity index (χ1) is 9.60. The molecule has 0 aliphatic carbocycles. The number of hydrogen-bond acceptors (Lipinski definition) is 4. The molecule has 1 amide bonds. The maximum Gasteiger partial charge on any atom is 0.255 e. The number of amides is 1. The van der Waals surface area contributed by atoms with E-state index in [-0.39, 0.29) is 18.1 Å². The third-order valence-corrected chi connectivity index (χ3v) is 3.97. The van der Waals surface area contributed by atoms with Gasteiger partial charge in [0, 0.05) is 25.7 Å². The van der Waals surface area contributed by atoms with Crippen molar-refractivity contribution in [2.24, 2.45) is 0 Å². The van der Waals surface area contributed by atoms with Crippen LogP contribution in [0.2, 0.25) is 0 Å². The van der Waals surface area contributed by atoms with Gasteiger partial charge in [-0.2, -0.15) is 0 Å². The standard InChI is InChI=1S/C15H24N2O3/c1-3-13(18)10-17-7-4-12(5-8-17)16-15(19)14-6-9-20-11(14)2/h6,9,12-13,18H,3-5,7-8,10H2,1-2H3,(H,16,19). The van der Waals surface area contributed by atoms with Crippen molar-refractivity contribution in [2.75, 3.05) is 19.6 Å². The fourth-order valence-electron chi connectivity index (χ4n) is 2.57. The van der Waals surface area contributed by atoms with E-state index >= 15 is 0 Å². The van der Waals surface area contributed by atoms with Gasteiger partial charge in [-0.3, -0.25) is 4.79 Å². The summed E-state index contributed by atoms with van der Waals surface area (Å²) in [6, 6.07) is 1.92. The normalized spacial score (nSPS) is 18.9. The molecule has 5 nitrogen and oxygen atoms in total. The first-order valence-corrected chi connectivity index (χ1v) is 7.35. The number of furan rings is 1. The average molecular weight is 280 g/mol. The number of carbonyl (C=O) groups excluding carboxylic acids is 1. The molecule has 112 valence electrons.